The van der Waals surface area contributed by atoms with Crippen molar-refractivity contribution in [1.29, 1.82) is 0 Å². The highest BCUT2D eigenvalue weighted by molar-refractivity contribution is 6.29. The topological polar surface area (TPSA) is 150 Å². The van der Waals surface area contributed by atoms with Crippen molar-refractivity contribution in [3.05, 3.63) is 99.9 Å². The smallest absolute Gasteiger partial charge is 0.481 e. The maximum absolute atomic E-state index is 12.1. The molecule has 0 bridgehead atoms. The molecule has 240 valence electrons. The van der Waals surface area contributed by atoms with Gasteiger partial charge in [-0.2, -0.15) is 5.10 Å². The Kier molecular flexibility index (Phi) is 13.8. The number of nitrogen functional groups attached to an aromatic ring is 1. The van der Waals surface area contributed by atoms with Crippen LogP contribution in [0.25, 0.3) is 0 Å². The zero-order valence-electron chi connectivity index (χ0n) is 22.5. The Bertz CT molecular complexity index is 1520. The van der Waals surface area contributed by atoms with E-state index in [1.165, 1.54) is 36.4 Å². The number of ether oxygens (including phenoxy) is 2. The van der Waals surface area contributed by atoms with E-state index in [2.05, 4.69) is 29.9 Å². The largest absolute Gasteiger partial charge is 0.573 e. The number of carbonyl (C=O) groups excluding carboxylic acids is 1. The molecule has 3 N–H and O–H groups in total. The van der Waals surface area contributed by atoms with Crippen molar-refractivity contribution in [3.63, 3.8) is 0 Å². The summed E-state index contributed by atoms with van der Waals surface area (Å²) in [5, 5.41) is 23.3. The summed E-state index contributed by atoms with van der Waals surface area (Å²) >= 11 is 11.0. The second-order valence-electron chi connectivity index (χ2n) is 8.48. The maximum atomic E-state index is 12.1. The third-order valence-electron chi connectivity index (χ3n) is 4.74. The number of rotatable bonds is 8. The predicted octanol–water partition coefficient (Wildman–Crippen LogP) is 6.31. The van der Waals surface area contributed by atoms with Crippen molar-refractivity contribution in [1.82, 2.24) is 20.4 Å². The van der Waals surface area contributed by atoms with Gasteiger partial charge in [0.15, 0.2) is 10.3 Å². The van der Waals surface area contributed by atoms with E-state index >= 15 is 0 Å². The highest BCUT2D eigenvalue weighted by Gasteiger charge is 2.31. The lowest BCUT2D eigenvalue weighted by Crippen LogP contribution is -2.17. The summed E-state index contributed by atoms with van der Waals surface area (Å²) in [5.74, 6) is -1.71. The minimum absolute atomic E-state index is 0.0223. The zero-order valence-corrected chi connectivity index (χ0v) is 24.0. The average Bonchev–Trinajstić information content (AvgIpc) is 2.90. The van der Waals surface area contributed by atoms with Gasteiger partial charge in [-0.25, -0.2) is 0 Å². The summed E-state index contributed by atoms with van der Waals surface area (Å²) < 4.78 is 79.3. The van der Waals surface area contributed by atoms with Crippen molar-refractivity contribution in [2.75, 3.05) is 5.73 Å². The number of anilines is 1. The van der Waals surface area contributed by atoms with Gasteiger partial charge >= 0.3 is 18.7 Å². The van der Waals surface area contributed by atoms with Gasteiger partial charge in [0.1, 0.15) is 23.1 Å². The Morgan fingerprint density at radius 2 is 1.18 bits per heavy atom. The molecule has 0 unspecified atom stereocenters. The van der Waals surface area contributed by atoms with E-state index in [-0.39, 0.29) is 41.5 Å². The number of nitrogens with zero attached hydrogens (tertiary/aromatic N) is 4. The first kappa shape index (κ1) is 36.5. The van der Waals surface area contributed by atoms with Crippen LogP contribution in [-0.2, 0) is 28.9 Å². The molecule has 10 nitrogen and oxygen atoms in total. The van der Waals surface area contributed by atoms with Crippen molar-refractivity contribution < 1.29 is 50.5 Å². The lowest BCUT2D eigenvalue weighted by molar-refractivity contribution is -0.275. The van der Waals surface area contributed by atoms with Crippen LogP contribution in [0.4, 0.5) is 32.2 Å². The highest BCUT2D eigenvalue weighted by Crippen LogP contribution is 2.24. The number of carboxylic acid groups (broad SMARTS) is 1. The fourth-order valence-electron chi connectivity index (χ4n) is 3.14. The van der Waals surface area contributed by atoms with E-state index in [1.807, 2.05) is 0 Å². The Morgan fingerprint density at radius 3 is 1.58 bits per heavy atom. The second kappa shape index (κ2) is 17.0. The normalized spacial score (nSPS) is 10.8. The molecule has 2 heterocycles. The minimum Gasteiger partial charge on any atom is -0.481 e. The average molecular weight is 680 g/mol. The molecule has 4 rings (SSSR count). The molecule has 0 saturated carbocycles. The molecule has 0 amide bonds. The number of nitrogens with two attached hydrogens (primary N) is 1. The number of hydrogen-bond acceptors (Lipinski definition) is 9. The molecule has 0 atom stereocenters. The minimum atomic E-state index is -4.76. The Hall–Kier alpha value is -4.70. The Morgan fingerprint density at radius 1 is 0.689 bits per heavy atom. The third-order valence-corrected chi connectivity index (χ3v) is 5.14. The highest BCUT2D eigenvalue weighted by atomic mass is 35.5. The molecule has 0 aliphatic carbocycles. The van der Waals surface area contributed by atoms with Crippen LogP contribution in [0.2, 0.25) is 10.3 Å². The number of aliphatic carboxylic acids is 1. The first-order valence-electron chi connectivity index (χ1n) is 12.1. The number of benzene rings is 2. The lowest BCUT2D eigenvalue weighted by Gasteiger charge is -2.09. The molecule has 45 heavy (non-hydrogen) atoms. The number of ketones is 1. The fourth-order valence-corrected chi connectivity index (χ4v) is 3.34. The Labute approximate surface area is 260 Å². The van der Waals surface area contributed by atoms with E-state index < -0.39 is 24.4 Å². The number of halogens is 8. The Balaban J connectivity index is 0.000000263. The summed E-state index contributed by atoms with van der Waals surface area (Å²) in [4.78, 5) is 22.2. The number of carboxylic acids is 1. The van der Waals surface area contributed by atoms with Gasteiger partial charge in [0, 0.05) is 6.42 Å². The van der Waals surface area contributed by atoms with Crippen LogP contribution in [0.15, 0.2) is 72.8 Å². The van der Waals surface area contributed by atoms with Crippen molar-refractivity contribution in [3.8, 4) is 11.5 Å². The summed E-state index contributed by atoms with van der Waals surface area (Å²) in [6, 6.07) is 16.4. The van der Waals surface area contributed by atoms with E-state index in [1.54, 1.807) is 24.3 Å². The lowest BCUT2D eigenvalue weighted by atomic mass is 10.1. The van der Waals surface area contributed by atoms with Gasteiger partial charge in [-0.15, -0.1) is 41.6 Å². The molecule has 0 saturated heterocycles. The molecule has 2 aromatic heterocycles. The number of hydrogen-bond donors (Lipinski definition) is 2. The molecule has 0 spiro atoms. The van der Waals surface area contributed by atoms with Gasteiger partial charge in [-0.1, -0.05) is 47.5 Å². The number of alkyl halides is 6. The van der Waals surface area contributed by atoms with Crippen molar-refractivity contribution >= 4 is 40.8 Å². The van der Waals surface area contributed by atoms with E-state index in [4.69, 9.17) is 34.0 Å². The van der Waals surface area contributed by atoms with Crippen molar-refractivity contribution in [2.24, 2.45) is 0 Å². The number of aromatic nitrogens is 4. The first-order valence-corrected chi connectivity index (χ1v) is 12.9. The van der Waals surface area contributed by atoms with Crippen LogP contribution in [0.3, 0.4) is 0 Å². The standard InChI is InChI=1S/C14H10ClF3N2O2.C9H7F3O3.C4H4ClN3/c15-13-5-4-10(19-20-13)8-11(21)6-9-2-1-3-12(7-9)22-14(16,17)18;10-9(11,12)15-7-3-1-2-6(4-7)5-8(13)14;5-3-1-2-4(6)8-7-3/h1-5,7H,6,8H2;1-4H,5H2,(H,13,14);1-2H,(H2,6,8). The zero-order chi connectivity index (χ0) is 33.6. The molecule has 0 fully saturated rings. The molecule has 0 aliphatic heterocycles. The van der Waals surface area contributed by atoms with Gasteiger partial charge in [0.25, 0.3) is 0 Å². The van der Waals surface area contributed by atoms with Crippen LogP contribution in [0.5, 0.6) is 11.5 Å². The molecule has 0 radical (unpaired) electrons. The molecule has 2 aromatic carbocycles. The summed E-state index contributed by atoms with van der Waals surface area (Å²) in [6.45, 7) is 0. The quantitative estimate of drug-likeness (QED) is 0.203. The van der Waals surface area contributed by atoms with Gasteiger partial charge in [-0.05, 0) is 59.7 Å². The molecule has 4 aromatic rings. The van der Waals surface area contributed by atoms with Gasteiger partial charge in [-0.3, -0.25) is 9.59 Å². The SMILES string of the molecule is Nc1ccc(Cl)nn1.O=C(Cc1cccc(OC(F)(F)F)c1)Cc1ccc(Cl)nn1.O=C(O)Cc1cccc(OC(F)(F)F)c1. The molecular formula is C27H21Cl2F6N5O5. The van der Waals surface area contributed by atoms with Gasteiger partial charge in [0.05, 0.1) is 18.5 Å². The fraction of sp³-hybridized carbons (Fsp3) is 0.185. The molecule has 0 aliphatic rings. The monoisotopic (exact) mass is 679 g/mol. The predicted molar refractivity (Wildman–Crippen MR) is 149 cm³/mol. The third kappa shape index (κ3) is 16.7. The van der Waals surface area contributed by atoms with Gasteiger partial charge in [0.2, 0.25) is 0 Å². The maximum Gasteiger partial charge on any atom is 0.573 e. The van der Waals surface area contributed by atoms with Crippen LogP contribution < -0.4 is 15.2 Å². The summed E-state index contributed by atoms with van der Waals surface area (Å²) in [6.07, 6.45) is -9.87. The summed E-state index contributed by atoms with van der Waals surface area (Å²) in [7, 11) is 0. The first-order chi connectivity index (χ1) is 21.0. The van der Waals surface area contributed by atoms with Crippen LogP contribution in [0.1, 0.15) is 16.8 Å². The molecule has 18 heteroatoms. The van der Waals surface area contributed by atoms with Gasteiger partial charge < -0.3 is 20.3 Å². The van der Waals surface area contributed by atoms with Crippen LogP contribution in [-0.4, -0.2) is 50.0 Å². The number of carbonyl (C=O) groups is 2. The molecular weight excluding hydrogens is 659 g/mol. The summed E-state index contributed by atoms with van der Waals surface area (Å²) in [5.41, 5.74) is 6.31. The van der Waals surface area contributed by atoms with E-state index in [9.17, 15) is 35.9 Å². The van der Waals surface area contributed by atoms with Crippen LogP contribution >= 0.6 is 23.2 Å². The number of Topliss-reactive ketones (excluding diaryl/α,β-unsaturated/α-hetero) is 1. The van der Waals surface area contributed by atoms with E-state index in [0.717, 1.165) is 12.1 Å². The van der Waals surface area contributed by atoms with Crippen molar-refractivity contribution in [2.45, 2.75) is 32.0 Å². The second-order valence-corrected chi connectivity index (χ2v) is 9.26. The van der Waals surface area contributed by atoms with E-state index in [0.29, 0.717) is 22.2 Å². The van der Waals surface area contributed by atoms with Crippen LogP contribution in [0, 0.1) is 0 Å².